The first-order valence-electron chi connectivity index (χ1n) is 22.7. The second-order valence-electron chi connectivity index (χ2n) is 15.8. The molecule has 0 aliphatic carbocycles. The Hall–Kier alpha value is -2.41. The van der Waals surface area contributed by atoms with Gasteiger partial charge >= 0.3 is 17.9 Å². The Labute approximate surface area is 333 Å². The van der Waals surface area contributed by atoms with Crippen LogP contribution in [0.3, 0.4) is 0 Å². The summed E-state index contributed by atoms with van der Waals surface area (Å²) in [5.41, 5.74) is 1.02. The zero-order valence-electron chi connectivity index (χ0n) is 35.5. The molecule has 0 aromatic heterocycles. The molecule has 0 saturated heterocycles. The molecule has 2 unspecified atom stereocenters. The molecule has 314 valence electrons. The van der Waals surface area contributed by atoms with E-state index in [-0.39, 0.29) is 19.3 Å². The quantitative estimate of drug-likeness (QED) is 0.0408. The summed E-state index contributed by atoms with van der Waals surface area (Å²) >= 11 is 0. The second-order valence-corrected chi connectivity index (χ2v) is 15.8. The first kappa shape index (κ1) is 49.6. The molecule has 0 fully saturated rings. The van der Waals surface area contributed by atoms with Crippen molar-refractivity contribution in [2.45, 2.75) is 214 Å². The fourth-order valence-corrected chi connectivity index (χ4v) is 6.96. The summed E-state index contributed by atoms with van der Waals surface area (Å²) in [6, 6.07) is 10.3. The van der Waals surface area contributed by atoms with Crippen molar-refractivity contribution in [3.63, 3.8) is 0 Å². The fourth-order valence-electron chi connectivity index (χ4n) is 6.96. The normalized spacial score (nSPS) is 13.0. The third kappa shape index (κ3) is 29.9. The largest absolute Gasteiger partial charge is 0.465 e. The topological polar surface area (TPSA) is 90.9 Å². The minimum absolute atomic E-state index is 0. The van der Waals surface area contributed by atoms with E-state index in [2.05, 4.69) is 33.0 Å². The standard InChI is InChI=1S/C47H83NO6.H2/c1-5-9-28-41(7-3)38-52-45(49)34-24-17-13-11-15-22-32-44(48-37-27-26-36-47(51)54-40-43-30-20-19-21-31-43)33-23-16-12-14-18-25-35-46(50)53-39-42(8-4)29-10-6-2;/h19-21,30-31,41-42,44,48H,5-18,22-29,32-40H2,1-4H3;1H. The van der Waals surface area contributed by atoms with E-state index in [1.165, 1.54) is 89.9 Å². The average molecular weight is 760 g/mol. The lowest BCUT2D eigenvalue weighted by Crippen LogP contribution is -2.30. The number of hydrogen-bond donors (Lipinski definition) is 1. The maximum Gasteiger partial charge on any atom is 0.306 e. The number of esters is 3. The van der Waals surface area contributed by atoms with E-state index in [0.717, 1.165) is 76.3 Å². The molecule has 0 aliphatic rings. The minimum atomic E-state index is -0.121. The van der Waals surface area contributed by atoms with Crippen molar-refractivity contribution in [2.75, 3.05) is 19.8 Å². The van der Waals surface area contributed by atoms with Gasteiger partial charge in [-0.1, -0.05) is 161 Å². The Morgan fingerprint density at radius 2 is 0.944 bits per heavy atom. The van der Waals surface area contributed by atoms with E-state index in [4.69, 9.17) is 14.2 Å². The van der Waals surface area contributed by atoms with Gasteiger partial charge in [0.05, 0.1) is 13.2 Å². The maximum atomic E-state index is 12.2. The average Bonchev–Trinajstić information content (AvgIpc) is 3.19. The Morgan fingerprint density at radius 1 is 0.519 bits per heavy atom. The highest BCUT2D eigenvalue weighted by Gasteiger charge is 2.12. The zero-order chi connectivity index (χ0) is 39.3. The van der Waals surface area contributed by atoms with Crippen LogP contribution in [0.15, 0.2) is 30.3 Å². The van der Waals surface area contributed by atoms with Crippen molar-refractivity contribution in [2.24, 2.45) is 11.8 Å². The van der Waals surface area contributed by atoms with E-state index in [9.17, 15) is 14.4 Å². The van der Waals surface area contributed by atoms with Gasteiger partial charge in [0.25, 0.3) is 0 Å². The number of hydrogen-bond acceptors (Lipinski definition) is 7. The number of carbonyl (C=O) groups excluding carboxylic acids is 3. The van der Waals surface area contributed by atoms with Crippen molar-refractivity contribution in [1.82, 2.24) is 5.32 Å². The van der Waals surface area contributed by atoms with Gasteiger partial charge in [0.2, 0.25) is 0 Å². The van der Waals surface area contributed by atoms with Crippen LogP contribution in [0.4, 0.5) is 0 Å². The van der Waals surface area contributed by atoms with Gasteiger partial charge in [-0.15, -0.1) is 0 Å². The molecule has 7 heteroatoms. The lowest BCUT2D eigenvalue weighted by molar-refractivity contribution is -0.146. The molecule has 0 radical (unpaired) electrons. The highest BCUT2D eigenvalue weighted by molar-refractivity contribution is 5.69. The number of rotatable bonds is 38. The molecule has 0 bridgehead atoms. The number of unbranched alkanes of at least 4 members (excludes halogenated alkanes) is 13. The summed E-state index contributed by atoms with van der Waals surface area (Å²) in [5.74, 6) is 0.842. The number of ether oxygens (including phenoxy) is 3. The summed E-state index contributed by atoms with van der Waals surface area (Å²) < 4.78 is 16.6. The molecule has 1 rings (SSSR count). The van der Waals surface area contributed by atoms with Crippen LogP contribution in [0.5, 0.6) is 0 Å². The molecule has 54 heavy (non-hydrogen) atoms. The van der Waals surface area contributed by atoms with Crippen LogP contribution in [-0.4, -0.2) is 43.7 Å². The van der Waals surface area contributed by atoms with Gasteiger partial charge in [0, 0.05) is 26.7 Å². The molecule has 2 atom stereocenters. The van der Waals surface area contributed by atoms with Gasteiger partial charge in [0.15, 0.2) is 0 Å². The Morgan fingerprint density at radius 3 is 1.41 bits per heavy atom. The second kappa shape index (κ2) is 36.2. The summed E-state index contributed by atoms with van der Waals surface area (Å²) in [6.45, 7) is 11.2. The maximum absolute atomic E-state index is 12.2. The van der Waals surface area contributed by atoms with E-state index >= 15 is 0 Å². The lowest BCUT2D eigenvalue weighted by atomic mass is 9.99. The first-order chi connectivity index (χ1) is 26.4. The summed E-state index contributed by atoms with van der Waals surface area (Å²) in [7, 11) is 0. The first-order valence-corrected chi connectivity index (χ1v) is 22.7. The Kier molecular flexibility index (Phi) is 33.3. The number of carbonyl (C=O) groups is 3. The van der Waals surface area contributed by atoms with Crippen LogP contribution in [-0.2, 0) is 35.2 Å². The molecule has 0 heterocycles. The minimum Gasteiger partial charge on any atom is -0.465 e. The van der Waals surface area contributed by atoms with Crippen LogP contribution in [0, 0.1) is 11.8 Å². The summed E-state index contributed by atoms with van der Waals surface area (Å²) in [5, 5.41) is 3.81. The van der Waals surface area contributed by atoms with Gasteiger partial charge < -0.3 is 19.5 Å². The van der Waals surface area contributed by atoms with Crippen LogP contribution in [0.25, 0.3) is 0 Å². The predicted molar refractivity (Wildman–Crippen MR) is 226 cm³/mol. The van der Waals surface area contributed by atoms with Crippen LogP contribution < -0.4 is 5.32 Å². The molecule has 1 aromatic rings. The number of nitrogens with one attached hydrogen (secondary N) is 1. The molecule has 0 saturated carbocycles. The SMILES string of the molecule is CCCCC(CC)COC(=O)CCCCCCCCC(CCCCCCCCC(=O)OCC(CC)CCCC)NCCCCC(=O)OCc1ccccc1.[HH]. The third-order valence-corrected chi connectivity index (χ3v) is 10.9. The summed E-state index contributed by atoms with van der Waals surface area (Å²) in [6.07, 6.45) is 28.7. The van der Waals surface area contributed by atoms with Crippen molar-refractivity contribution < 1.29 is 30.0 Å². The monoisotopic (exact) mass is 760 g/mol. The van der Waals surface area contributed by atoms with E-state index < -0.39 is 0 Å². The van der Waals surface area contributed by atoms with Crippen LogP contribution >= 0.6 is 0 Å². The molecular formula is C47H85NO6. The van der Waals surface area contributed by atoms with E-state index in [1.54, 1.807) is 0 Å². The van der Waals surface area contributed by atoms with Crippen molar-refractivity contribution in [3.8, 4) is 0 Å². The van der Waals surface area contributed by atoms with E-state index in [1.807, 2.05) is 30.3 Å². The molecule has 7 nitrogen and oxygen atoms in total. The Balaban J connectivity index is 0.0000292. The molecule has 0 aliphatic heterocycles. The van der Waals surface area contributed by atoms with Gasteiger partial charge in [0.1, 0.15) is 6.61 Å². The van der Waals surface area contributed by atoms with Gasteiger partial charge in [-0.3, -0.25) is 14.4 Å². The van der Waals surface area contributed by atoms with E-state index in [0.29, 0.717) is 57.0 Å². The molecule has 0 amide bonds. The number of benzene rings is 1. The highest BCUT2D eigenvalue weighted by Crippen LogP contribution is 2.18. The van der Waals surface area contributed by atoms with Crippen molar-refractivity contribution in [1.29, 1.82) is 0 Å². The smallest absolute Gasteiger partial charge is 0.306 e. The van der Waals surface area contributed by atoms with Gasteiger partial charge in [-0.2, -0.15) is 0 Å². The summed E-state index contributed by atoms with van der Waals surface area (Å²) in [4.78, 5) is 36.6. The van der Waals surface area contributed by atoms with Crippen LogP contribution in [0.1, 0.15) is 208 Å². The van der Waals surface area contributed by atoms with Gasteiger partial charge in [-0.05, 0) is 75.3 Å². The molecular weight excluding hydrogens is 675 g/mol. The molecule has 0 spiro atoms. The van der Waals surface area contributed by atoms with Crippen molar-refractivity contribution >= 4 is 17.9 Å². The Bertz CT molecular complexity index is 976. The third-order valence-electron chi connectivity index (χ3n) is 10.9. The predicted octanol–water partition coefficient (Wildman–Crippen LogP) is 12.9. The fraction of sp³-hybridized carbons (Fsp3) is 0.809. The molecule has 1 N–H and O–H groups in total. The van der Waals surface area contributed by atoms with Crippen LogP contribution in [0.2, 0.25) is 0 Å². The van der Waals surface area contributed by atoms with Crippen molar-refractivity contribution in [3.05, 3.63) is 35.9 Å². The molecule has 1 aromatic carbocycles. The highest BCUT2D eigenvalue weighted by atomic mass is 16.5. The van der Waals surface area contributed by atoms with Gasteiger partial charge in [-0.25, -0.2) is 0 Å². The lowest BCUT2D eigenvalue weighted by Gasteiger charge is -2.19. The zero-order valence-corrected chi connectivity index (χ0v) is 35.5.